The van der Waals surface area contributed by atoms with Crippen molar-refractivity contribution in [2.45, 2.75) is 24.4 Å². The molecule has 4 rings (SSSR count). The van der Waals surface area contributed by atoms with Crippen LogP contribution in [-0.4, -0.2) is 53.9 Å². The van der Waals surface area contributed by atoms with Crippen LogP contribution in [0.2, 0.25) is 0 Å². The van der Waals surface area contributed by atoms with Gasteiger partial charge in [0, 0.05) is 25.0 Å². The molecule has 0 amide bonds. The Labute approximate surface area is 196 Å². The van der Waals surface area contributed by atoms with Crippen LogP contribution in [0.4, 0.5) is 40.9 Å². The standard InChI is InChI=1S/C21H14F8N6O/c22-12-4-2-1-3-11(12)7-14-18-30-5-6-35(18)9-15(33-14)17-31-8-13(23)16(34-17)32-10-19(36,20(24,25)26)21(27,28)29/h1-6,8-9,36H,7,10H2,(H,31,32,34). The summed E-state index contributed by atoms with van der Waals surface area (Å²) in [6.07, 6.45) is -7.48. The number of hydrogen-bond donors (Lipinski definition) is 2. The maximum atomic E-state index is 14.2. The molecule has 3 aromatic heterocycles. The molecular formula is C21H14F8N6O. The minimum Gasteiger partial charge on any atom is -0.372 e. The Kier molecular flexibility index (Phi) is 6.28. The number of benzene rings is 1. The summed E-state index contributed by atoms with van der Waals surface area (Å²) in [4.78, 5) is 15.8. The molecule has 0 bridgehead atoms. The first-order chi connectivity index (χ1) is 16.8. The van der Waals surface area contributed by atoms with E-state index >= 15 is 0 Å². The Morgan fingerprint density at radius 2 is 1.61 bits per heavy atom. The fourth-order valence-corrected chi connectivity index (χ4v) is 3.23. The topological polar surface area (TPSA) is 88.2 Å². The Balaban J connectivity index is 1.70. The van der Waals surface area contributed by atoms with Crippen LogP contribution in [0.1, 0.15) is 11.3 Å². The summed E-state index contributed by atoms with van der Waals surface area (Å²) in [5, 5.41) is 10.8. The molecular weight excluding hydrogens is 504 g/mol. The maximum Gasteiger partial charge on any atom is 0.428 e. The molecule has 0 aliphatic rings. The van der Waals surface area contributed by atoms with E-state index in [1.165, 1.54) is 41.2 Å². The van der Waals surface area contributed by atoms with Crippen molar-refractivity contribution in [1.29, 1.82) is 0 Å². The average molecular weight is 518 g/mol. The monoisotopic (exact) mass is 518 g/mol. The van der Waals surface area contributed by atoms with Gasteiger partial charge < -0.3 is 14.8 Å². The van der Waals surface area contributed by atoms with Crippen molar-refractivity contribution in [3.05, 3.63) is 71.9 Å². The molecule has 0 saturated heterocycles. The Hall–Kier alpha value is -3.88. The summed E-state index contributed by atoms with van der Waals surface area (Å²) in [5.41, 5.74) is -4.38. The summed E-state index contributed by atoms with van der Waals surface area (Å²) < 4.78 is 107. The second-order valence-electron chi connectivity index (χ2n) is 7.60. The van der Waals surface area contributed by atoms with Crippen LogP contribution < -0.4 is 5.32 Å². The van der Waals surface area contributed by atoms with E-state index in [1.54, 1.807) is 11.4 Å². The van der Waals surface area contributed by atoms with Gasteiger partial charge in [-0.15, -0.1) is 0 Å². The molecule has 0 radical (unpaired) electrons. The highest BCUT2D eigenvalue weighted by Crippen LogP contribution is 2.43. The molecule has 0 unspecified atom stereocenters. The zero-order valence-electron chi connectivity index (χ0n) is 17.7. The van der Waals surface area contributed by atoms with E-state index in [0.717, 1.165) is 0 Å². The SMILES string of the molecule is OC(CNc1nc(-c2cn3ccnc3c(Cc3ccccc3F)n2)ncc1F)(C(F)(F)F)C(F)(F)F. The van der Waals surface area contributed by atoms with Crippen LogP contribution in [-0.2, 0) is 6.42 Å². The largest absolute Gasteiger partial charge is 0.428 e. The van der Waals surface area contributed by atoms with E-state index in [1.807, 2.05) is 0 Å². The fourth-order valence-electron chi connectivity index (χ4n) is 3.23. The molecule has 0 aliphatic heterocycles. The first kappa shape index (κ1) is 25.2. The molecule has 0 aliphatic carbocycles. The predicted octanol–water partition coefficient (Wildman–Crippen LogP) is 4.32. The van der Waals surface area contributed by atoms with Gasteiger partial charge in [0.1, 0.15) is 11.5 Å². The number of nitrogens with zero attached hydrogens (tertiary/aromatic N) is 5. The van der Waals surface area contributed by atoms with Gasteiger partial charge >= 0.3 is 12.4 Å². The normalized spacial score (nSPS) is 12.8. The first-order valence-electron chi connectivity index (χ1n) is 9.99. The summed E-state index contributed by atoms with van der Waals surface area (Å²) in [5.74, 6) is -3.29. The molecule has 36 heavy (non-hydrogen) atoms. The van der Waals surface area contributed by atoms with Gasteiger partial charge in [0.15, 0.2) is 23.1 Å². The van der Waals surface area contributed by atoms with E-state index in [4.69, 9.17) is 0 Å². The molecule has 0 spiro atoms. The van der Waals surface area contributed by atoms with E-state index in [0.29, 0.717) is 11.8 Å². The van der Waals surface area contributed by atoms with Crippen LogP contribution in [0.25, 0.3) is 17.2 Å². The Morgan fingerprint density at radius 3 is 2.28 bits per heavy atom. The average Bonchev–Trinajstić information content (AvgIpc) is 3.27. The third-order valence-electron chi connectivity index (χ3n) is 5.18. The number of alkyl halides is 6. The molecule has 2 N–H and O–H groups in total. The van der Waals surface area contributed by atoms with Crippen molar-refractivity contribution in [1.82, 2.24) is 24.3 Å². The smallest absolute Gasteiger partial charge is 0.372 e. The quantitative estimate of drug-likeness (QED) is 0.370. The molecule has 190 valence electrons. The van der Waals surface area contributed by atoms with Crippen LogP contribution in [0.3, 0.4) is 0 Å². The van der Waals surface area contributed by atoms with Gasteiger partial charge in [-0.2, -0.15) is 26.3 Å². The summed E-state index contributed by atoms with van der Waals surface area (Å²) >= 11 is 0. The van der Waals surface area contributed by atoms with Crippen LogP contribution in [0.5, 0.6) is 0 Å². The minimum atomic E-state index is -6.11. The molecule has 1 aromatic carbocycles. The summed E-state index contributed by atoms with van der Waals surface area (Å²) in [6, 6.07) is 5.86. The zero-order chi connectivity index (χ0) is 26.3. The second kappa shape index (κ2) is 8.96. The lowest BCUT2D eigenvalue weighted by Crippen LogP contribution is -2.61. The summed E-state index contributed by atoms with van der Waals surface area (Å²) in [6.45, 7) is -2.17. The summed E-state index contributed by atoms with van der Waals surface area (Å²) in [7, 11) is 0. The highest BCUT2D eigenvalue weighted by molar-refractivity contribution is 5.57. The molecule has 0 fully saturated rings. The van der Waals surface area contributed by atoms with Crippen molar-refractivity contribution in [2.24, 2.45) is 0 Å². The van der Waals surface area contributed by atoms with E-state index < -0.39 is 42.0 Å². The number of aromatic nitrogens is 5. The predicted molar refractivity (Wildman–Crippen MR) is 109 cm³/mol. The number of hydrogen-bond acceptors (Lipinski definition) is 6. The lowest BCUT2D eigenvalue weighted by molar-refractivity contribution is -0.362. The van der Waals surface area contributed by atoms with E-state index in [2.05, 4.69) is 19.9 Å². The minimum absolute atomic E-state index is 0.0302. The van der Waals surface area contributed by atoms with Gasteiger partial charge in [0.05, 0.1) is 18.4 Å². The van der Waals surface area contributed by atoms with Gasteiger partial charge in [-0.3, -0.25) is 0 Å². The molecule has 7 nitrogen and oxygen atoms in total. The van der Waals surface area contributed by atoms with E-state index in [-0.39, 0.29) is 29.2 Å². The number of halogens is 8. The van der Waals surface area contributed by atoms with Crippen molar-refractivity contribution in [3.63, 3.8) is 0 Å². The maximum absolute atomic E-state index is 14.2. The highest BCUT2D eigenvalue weighted by Gasteiger charge is 2.70. The third kappa shape index (κ3) is 4.65. The molecule has 15 heteroatoms. The Bertz CT molecular complexity index is 1390. The number of rotatable bonds is 6. The Morgan fingerprint density at radius 1 is 0.917 bits per heavy atom. The number of fused-ring (bicyclic) bond motifs is 1. The zero-order valence-corrected chi connectivity index (χ0v) is 17.7. The molecule has 4 aromatic rings. The van der Waals surface area contributed by atoms with Gasteiger partial charge in [-0.1, -0.05) is 18.2 Å². The van der Waals surface area contributed by atoms with Gasteiger partial charge in [-0.25, -0.2) is 28.7 Å². The lowest BCUT2D eigenvalue weighted by Gasteiger charge is -2.32. The van der Waals surface area contributed by atoms with Crippen molar-refractivity contribution in [3.8, 4) is 11.5 Å². The van der Waals surface area contributed by atoms with Crippen molar-refractivity contribution in [2.75, 3.05) is 11.9 Å². The fraction of sp³-hybridized carbons (Fsp3) is 0.238. The second-order valence-corrected chi connectivity index (χ2v) is 7.60. The van der Waals surface area contributed by atoms with Gasteiger partial charge in [0.2, 0.25) is 0 Å². The van der Waals surface area contributed by atoms with Crippen LogP contribution in [0.15, 0.2) is 49.1 Å². The number of aliphatic hydroxyl groups is 1. The van der Waals surface area contributed by atoms with Gasteiger partial charge in [-0.05, 0) is 11.6 Å². The molecule has 0 saturated carbocycles. The first-order valence-corrected chi connectivity index (χ1v) is 9.99. The molecule has 3 heterocycles. The molecule has 0 atom stereocenters. The highest BCUT2D eigenvalue weighted by atomic mass is 19.4. The van der Waals surface area contributed by atoms with Crippen molar-refractivity contribution < 1.29 is 40.2 Å². The number of imidazole rings is 1. The lowest BCUT2D eigenvalue weighted by atomic mass is 10.0. The van der Waals surface area contributed by atoms with Crippen LogP contribution >= 0.6 is 0 Å². The van der Waals surface area contributed by atoms with Crippen LogP contribution in [0, 0.1) is 11.6 Å². The number of nitrogens with one attached hydrogen (secondary N) is 1. The van der Waals surface area contributed by atoms with Gasteiger partial charge in [0.25, 0.3) is 5.60 Å². The van der Waals surface area contributed by atoms with Crippen molar-refractivity contribution >= 4 is 11.5 Å². The number of anilines is 1. The third-order valence-corrected chi connectivity index (χ3v) is 5.18. The van der Waals surface area contributed by atoms with E-state index in [9.17, 15) is 40.2 Å².